The number of methoxy groups -OCH3 is 1. The molecule has 0 fully saturated rings. The van der Waals surface area contributed by atoms with Gasteiger partial charge >= 0.3 is 0 Å². The van der Waals surface area contributed by atoms with Crippen molar-refractivity contribution in [2.24, 2.45) is 0 Å². The SMILES string of the molecule is COc1cccc2c1CCN(C1CCc3ccccc3NC1=O)C2. The van der Waals surface area contributed by atoms with E-state index in [4.69, 9.17) is 4.74 Å². The Bertz CT molecular complexity index is 772. The smallest absolute Gasteiger partial charge is 0.241 e. The van der Waals surface area contributed by atoms with Crippen LogP contribution in [0.1, 0.15) is 23.1 Å². The lowest BCUT2D eigenvalue weighted by molar-refractivity contribution is -0.121. The summed E-state index contributed by atoms with van der Waals surface area (Å²) in [5.41, 5.74) is 4.75. The molecule has 1 amide bonds. The maximum atomic E-state index is 12.7. The summed E-state index contributed by atoms with van der Waals surface area (Å²) in [7, 11) is 1.72. The third kappa shape index (κ3) is 2.67. The minimum absolute atomic E-state index is 0.0725. The summed E-state index contributed by atoms with van der Waals surface area (Å²) in [6.07, 6.45) is 2.72. The number of ether oxygens (including phenoxy) is 1. The Morgan fingerprint density at radius 2 is 1.92 bits per heavy atom. The first-order chi connectivity index (χ1) is 11.8. The molecule has 0 aliphatic carbocycles. The molecule has 1 N–H and O–H groups in total. The van der Waals surface area contributed by atoms with Gasteiger partial charge in [0, 0.05) is 18.8 Å². The van der Waals surface area contributed by atoms with Crippen LogP contribution in [0.3, 0.4) is 0 Å². The Morgan fingerprint density at radius 3 is 2.79 bits per heavy atom. The predicted octanol–water partition coefficient (Wildman–Crippen LogP) is 3.01. The number of nitrogens with one attached hydrogen (secondary N) is 1. The molecule has 2 heterocycles. The second-order valence-electron chi connectivity index (χ2n) is 6.52. The fourth-order valence-electron chi connectivity index (χ4n) is 3.90. The third-order valence-corrected chi connectivity index (χ3v) is 5.18. The van der Waals surface area contributed by atoms with Crippen molar-refractivity contribution in [3.05, 3.63) is 59.2 Å². The highest BCUT2D eigenvalue weighted by molar-refractivity contribution is 5.96. The average molecular weight is 322 g/mol. The summed E-state index contributed by atoms with van der Waals surface area (Å²) < 4.78 is 5.48. The van der Waals surface area contributed by atoms with Gasteiger partial charge in [-0.3, -0.25) is 9.69 Å². The van der Waals surface area contributed by atoms with Gasteiger partial charge in [-0.1, -0.05) is 30.3 Å². The van der Waals surface area contributed by atoms with Gasteiger partial charge < -0.3 is 10.1 Å². The Balaban J connectivity index is 1.56. The van der Waals surface area contributed by atoms with E-state index in [-0.39, 0.29) is 11.9 Å². The van der Waals surface area contributed by atoms with Crippen LogP contribution >= 0.6 is 0 Å². The summed E-state index contributed by atoms with van der Waals surface area (Å²) in [4.78, 5) is 15.0. The van der Waals surface area contributed by atoms with E-state index in [2.05, 4.69) is 22.3 Å². The van der Waals surface area contributed by atoms with Gasteiger partial charge in [0.25, 0.3) is 0 Å². The highest BCUT2D eigenvalue weighted by Crippen LogP contribution is 2.31. The number of hydrogen-bond donors (Lipinski definition) is 1. The molecule has 0 radical (unpaired) electrons. The highest BCUT2D eigenvalue weighted by atomic mass is 16.5. The molecule has 1 unspecified atom stereocenters. The Labute approximate surface area is 142 Å². The van der Waals surface area contributed by atoms with Crippen LogP contribution in [0.4, 0.5) is 5.69 Å². The second kappa shape index (κ2) is 6.29. The lowest BCUT2D eigenvalue weighted by atomic mass is 9.96. The number of benzene rings is 2. The van der Waals surface area contributed by atoms with E-state index in [9.17, 15) is 4.79 Å². The van der Waals surface area contributed by atoms with E-state index in [1.165, 1.54) is 16.7 Å². The lowest BCUT2D eigenvalue weighted by Crippen LogP contribution is -2.46. The molecule has 0 saturated heterocycles. The lowest BCUT2D eigenvalue weighted by Gasteiger charge is -2.34. The van der Waals surface area contributed by atoms with Crippen molar-refractivity contribution in [1.29, 1.82) is 0 Å². The van der Waals surface area contributed by atoms with Crippen LogP contribution in [0, 0.1) is 0 Å². The van der Waals surface area contributed by atoms with Crippen LogP contribution in [0.25, 0.3) is 0 Å². The van der Waals surface area contributed by atoms with E-state index in [0.29, 0.717) is 0 Å². The van der Waals surface area contributed by atoms with Gasteiger partial charge in [0.2, 0.25) is 5.91 Å². The van der Waals surface area contributed by atoms with Gasteiger partial charge in [-0.25, -0.2) is 0 Å². The summed E-state index contributed by atoms with van der Waals surface area (Å²) in [5, 5.41) is 3.11. The van der Waals surface area contributed by atoms with Gasteiger partial charge in [0.05, 0.1) is 13.2 Å². The summed E-state index contributed by atoms with van der Waals surface area (Å²) in [6, 6.07) is 14.2. The fourth-order valence-corrected chi connectivity index (χ4v) is 3.90. The number of rotatable bonds is 2. The van der Waals surface area contributed by atoms with Crippen molar-refractivity contribution in [2.75, 3.05) is 19.0 Å². The number of amides is 1. The highest BCUT2D eigenvalue weighted by Gasteiger charge is 2.31. The molecule has 24 heavy (non-hydrogen) atoms. The number of carbonyl (C=O) groups is 1. The Morgan fingerprint density at radius 1 is 1.08 bits per heavy atom. The first-order valence-corrected chi connectivity index (χ1v) is 8.54. The number of hydrogen-bond acceptors (Lipinski definition) is 3. The quantitative estimate of drug-likeness (QED) is 0.924. The number of fused-ring (bicyclic) bond motifs is 2. The molecule has 2 aliphatic heterocycles. The largest absolute Gasteiger partial charge is 0.496 e. The molecule has 124 valence electrons. The molecule has 0 bridgehead atoms. The molecular weight excluding hydrogens is 300 g/mol. The van der Waals surface area contributed by atoms with Crippen molar-refractivity contribution >= 4 is 11.6 Å². The van der Waals surface area contributed by atoms with Crippen molar-refractivity contribution in [1.82, 2.24) is 4.90 Å². The third-order valence-electron chi connectivity index (χ3n) is 5.18. The minimum atomic E-state index is -0.0725. The number of nitrogens with zero attached hydrogens (tertiary/aromatic N) is 1. The molecule has 4 heteroatoms. The summed E-state index contributed by atoms with van der Waals surface area (Å²) >= 11 is 0. The number of aryl methyl sites for hydroxylation is 1. The molecule has 0 aromatic heterocycles. The second-order valence-corrected chi connectivity index (χ2v) is 6.52. The van der Waals surface area contributed by atoms with Crippen LogP contribution in [-0.4, -0.2) is 30.5 Å². The standard InChI is InChI=1S/C20H22N2O2/c1-24-19-8-4-6-15-13-22(12-11-16(15)19)18-10-9-14-5-2-3-7-17(14)21-20(18)23/h2-8,18H,9-13H2,1H3,(H,21,23). The maximum absolute atomic E-state index is 12.7. The molecule has 2 aromatic rings. The molecule has 2 aliphatic rings. The van der Waals surface area contributed by atoms with Gasteiger partial charge in [0.15, 0.2) is 0 Å². The zero-order chi connectivity index (χ0) is 16.5. The molecule has 4 nitrogen and oxygen atoms in total. The van der Waals surface area contributed by atoms with Gasteiger partial charge in [-0.05, 0) is 48.1 Å². The van der Waals surface area contributed by atoms with E-state index in [1.807, 2.05) is 30.3 Å². The number of para-hydroxylation sites is 1. The summed E-state index contributed by atoms with van der Waals surface area (Å²) in [6.45, 7) is 1.70. The van der Waals surface area contributed by atoms with Crippen molar-refractivity contribution in [3.8, 4) is 5.75 Å². The Hall–Kier alpha value is -2.33. The monoisotopic (exact) mass is 322 g/mol. The topological polar surface area (TPSA) is 41.6 Å². The van der Waals surface area contributed by atoms with E-state index >= 15 is 0 Å². The van der Waals surface area contributed by atoms with Gasteiger partial charge in [-0.15, -0.1) is 0 Å². The van der Waals surface area contributed by atoms with Crippen LogP contribution in [-0.2, 0) is 24.2 Å². The Kier molecular flexibility index (Phi) is 3.98. The van der Waals surface area contributed by atoms with Gasteiger partial charge in [0.1, 0.15) is 5.75 Å². The van der Waals surface area contributed by atoms with E-state index in [0.717, 1.165) is 43.8 Å². The normalized spacial score (nSPS) is 20.5. The average Bonchev–Trinajstić information content (AvgIpc) is 2.78. The van der Waals surface area contributed by atoms with Crippen LogP contribution < -0.4 is 10.1 Å². The first-order valence-electron chi connectivity index (χ1n) is 8.54. The minimum Gasteiger partial charge on any atom is -0.496 e. The first kappa shape index (κ1) is 15.2. The molecular formula is C20H22N2O2. The predicted molar refractivity (Wildman–Crippen MR) is 94.3 cm³/mol. The number of carbonyl (C=O) groups excluding carboxylic acids is 1. The van der Waals surface area contributed by atoms with E-state index in [1.54, 1.807) is 7.11 Å². The zero-order valence-corrected chi connectivity index (χ0v) is 13.9. The van der Waals surface area contributed by atoms with Crippen molar-refractivity contribution in [2.45, 2.75) is 31.8 Å². The van der Waals surface area contributed by atoms with Gasteiger partial charge in [-0.2, -0.15) is 0 Å². The van der Waals surface area contributed by atoms with Crippen LogP contribution in [0.2, 0.25) is 0 Å². The molecule has 0 spiro atoms. The van der Waals surface area contributed by atoms with Crippen LogP contribution in [0.15, 0.2) is 42.5 Å². The molecule has 4 rings (SSSR count). The van der Waals surface area contributed by atoms with Crippen molar-refractivity contribution in [3.63, 3.8) is 0 Å². The van der Waals surface area contributed by atoms with Crippen molar-refractivity contribution < 1.29 is 9.53 Å². The molecule has 1 atom stereocenters. The zero-order valence-electron chi connectivity index (χ0n) is 13.9. The van der Waals surface area contributed by atoms with E-state index < -0.39 is 0 Å². The fraction of sp³-hybridized carbons (Fsp3) is 0.350. The molecule has 2 aromatic carbocycles. The maximum Gasteiger partial charge on any atom is 0.241 e. The van der Waals surface area contributed by atoms with Crippen LogP contribution in [0.5, 0.6) is 5.75 Å². The number of anilines is 1. The summed E-state index contributed by atoms with van der Waals surface area (Å²) in [5.74, 6) is 1.08. The molecule has 0 saturated carbocycles.